The molecule has 0 fully saturated rings. The van der Waals surface area contributed by atoms with Crippen LogP contribution in [0.15, 0.2) is 60.9 Å². The molecule has 2 aromatic carbocycles. The Morgan fingerprint density at radius 2 is 1.64 bits per heavy atom. The first-order valence-electron chi connectivity index (χ1n) is 9.29. The molecular weight excluding hydrogens is 352 g/mol. The fourth-order valence-electron chi connectivity index (χ4n) is 2.79. The number of nitrogens with zero attached hydrogens (tertiary/aromatic N) is 2. The molecule has 1 amide bonds. The lowest BCUT2D eigenvalue weighted by Gasteiger charge is -2.13. The van der Waals surface area contributed by atoms with Crippen molar-refractivity contribution in [2.45, 2.75) is 26.7 Å². The monoisotopic (exact) mass is 376 g/mol. The number of aromatic nitrogens is 2. The molecular formula is C22H24N4O2. The van der Waals surface area contributed by atoms with Gasteiger partial charge in [0.1, 0.15) is 5.75 Å². The molecule has 2 N–H and O–H groups in total. The lowest BCUT2D eigenvalue weighted by atomic mass is 10.0. The summed E-state index contributed by atoms with van der Waals surface area (Å²) in [4.78, 5) is 21.1. The van der Waals surface area contributed by atoms with Gasteiger partial charge in [-0.25, -0.2) is 9.97 Å². The lowest BCUT2D eigenvalue weighted by molar-refractivity contribution is 0.102. The van der Waals surface area contributed by atoms with Gasteiger partial charge < -0.3 is 15.4 Å². The summed E-state index contributed by atoms with van der Waals surface area (Å²) in [6.07, 6.45) is 3.01. The number of para-hydroxylation sites is 3. The van der Waals surface area contributed by atoms with Crippen LogP contribution < -0.4 is 15.4 Å². The van der Waals surface area contributed by atoms with Crippen LogP contribution in [0.1, 0.15) is 42.6 Å². The van der Waals surface area contributed by atoms with Gasteiger partial charge in [0, 0.05) is 18.1 Å². The predicted octanol–water partition coefficient (Wildman–Crippen LogP) is 4.99. The molecule has 6 nitrogen and oxygen atoms in total. The molecule has 3 rings (SSSR count). The minimum Gasteiger partial charge on any atom is -0.492 e. The maximum Gasteiger partial charge on any atom is 0.258 e. The lowest BCUT2D eigenvalue weighted by Crippen LogP contribution is -2.14. The number of nitrogens with one attached hydrogen (secondary N) is 2. The number of carbonyl (C=O) groups excluding carboxylic acids is 1. The molecule has 0 unspecified atom stereocenters. The van der Waals surface area contributed by atoms with E-state index in [9.17, 15) is 4.79 Å². The molecule has 0 atom stereocenters. The summed E-state index contributed by atoms with van der Waals surface area (Å²) in [5.74, 6) is 1.16. The molecule has 1 heterocycles. The third-order valence-corrected chi connectivity index (χ3v) is 4.18. The number of ether oxygens (including phenoxy) is 1. The van der Waals surface area contributed by atoms with E-state index in [0.717, 1.165) is 5.69 Å². The highest BCUT2D eigenvalue weighted by Crippen LogP contribution is 2.26. The summed E-state index contributed by atoms with van der Waals surface area (Å²) in [5, 5.41) is 6.06. The highest BCUT2D eigenvalue weighted by molar-refractivity contribution is 6.04. The Hall–Kier alpha value is -3.41. The first kappa shape index (κ1) is 19.4. The van der Waals surface area contributed by atoms with Gasteiger partial charge in [-0.05, 0) is 36.6 Å². The summed E-state index contributed by atoms with van der Waals surface area (Å²) in [7, 11) is 0. The van der Waals surface area contributed by atoms with Crippen LogP contribution in [0, 0.1) is 0 Å². The normalized spacial score (nSPS) is 10.6. The summed E-state index contributed by atoms with van der Waals surface area (Å²) < 4.78 is 5.53. The SMILES string of the molecule is CCOc1ccccc1NC(=O)c1cnc(Nc2ccccc2C(C)C)nc1. The van der Waals surface area contributed by atoms with E-state index in [1.165, 1.54) is 18.0 Å². The second-order valence-electron chi connectivity index (χ2n) is 6.55. The molecule has 0 aliphatic heterocycles. The molecule has 0 aliphatic rings. The topological polar surface area (TPSA) is 76.1 Å². The van der Waals surface area contributed by atoms with Crippen molar-refractivity contribution >= 4 is 23.2 Å². The molecule has 144 valence electrons. The van der Waals surface area contributed by atoms with Gasteiger partial charge in [0.25, 0.3) is 5.91 Å². The average molecular weight is 376 g/mol. The van der Waals surface area contributed by atoms with E-state index in [4.69, 9.17) is 4.74 Å². The zero-order valence-corrected chi connectivity index (χ0v) is 16.3. The van der Waals surface area contributed by atoms with Crippen LogP contribution >= 0.6 is 0 Å². The Balaban J connectivity index is 1.72. The van der Waals surface area contributed by atoms with Gasteiger partial charge in [0.2, 0.25) is 5.95 Å². The summed E-state index contributed by atoms with van der Waals surface area (Å²) in [5.41, 5.74) is 3.12. The van der Waals surface area contributed by atoms with Crippen molar-refractivity contribution in [1.82, 2.24) is 9.97 Å². The first-order valence-corrected chi connectivity index (χ1v) is 9.29. The fraction of sp³-hybridized carbons (Fsp3) is 0.227. The van der Waals surface area contributed by atoms with E-state index >= 15 is 0 Å². The Labute approximate surface area is 165 Å². The van der Waals surface area contributed by atoms with Gasteiger partial charge in [-0.3, -0.25) is 4.79 Å². The Morgan fingerprint density at radius 1 is 1.00 bits per heavy atom. The Kier molecular flexibility index (Phi) is 6.22. The predicted molar refractivity (Wildman–Crippen MR) is 111 cm³/mol. The van der Waals surface area contributed by atoms with Crippen LogP contribution in [0.2, 0.25) is 0 Å². The number of amides is 1. The average Bonchev–Trinajstić information content (AvgIpc) is 2.70. The van der Waals surface area contributed by atoms with Gasteiger partial charge in [0.05, 0.1) is 17.9 Å². The molecule has 0 saturated carbocycles. The van der Waals surface area contributed by atoms with Crippen molar-refractivity contribution in [1.29, 1.82) is 0 Å². The number of carbonyl (C=O) groups is 1. The second-order valence-corrected chi connectivity index (χ2v) is 6.55. The van der Waals surface area contributed by atoms with E-state index in [1.54, 1.807) is 6.07 Å². The number of benzene rings is 2. The van der Waals surface area contributed by atoms with Crippen LogP contribution in [0.5, 0.6) is 5.75 Å². The largest absolute Gasteiger partial charge is 0.492 e. The fourth-order valence-corrected chi connectivity index (χ4v) is 2.79. The van der Waals surface area contributed by atoms with Crippen molar-refractivity contribution in [2.75, 3.05) is 17.2 Å². The number of anilines is 3. The maximum absolute atomic E-state index is 12.5. The molecule has 3 aromatic rings. The summed E-state index contributed by atoms with van der Waals surface area (Å²) >= 11 is 0. The Morgan fingerprint density at radius 3 is 2.32 bits per heavy atom. The van der Waals surface area contributed by atoms with Crippen LogP contribution in [-0.4, -0.2) is 22.5 Å². The quantitative estimate of drug-likeness (QED) is 0.607. The van der Waals surface area contributed by atoms with Gasteiger partial charge in [0.15, 0.2) is 0 Å². The number of rotatable bonds is 7. The summed E-state index contributed by atoms with van der Waals surface area (Å²) in [6, 6.07) is 15.3. The van der Waals surface area contributed by atoms with E-state index in [2.05, 4.69) is 40.5 Å². The molecule has 1 aromatic heterocycles. The van der Waals surface area contributed by atoms with Crippen molar-refractivity contribution < 1.29 is 9.53 Å². The summed E-state index contributed by atoms with van der Waals surface area (Å²) in [6.45, 7) is 6.69. The van der Waals surface area contributed by atoms with Crippen molar-refractivity contribution in [3.63, 3.8) is 0 Å². The van der Waals surface area contributed by atoms with Gasteiger partial charge in [-0.2, -0.15) is 0 Å². The maximum atomic E-state index is 12.5. The van der Waals surface area contributed by atoms with Crippen LogP contribution in [0.3, 0.4) is 0 Å². The van der Waals surface area contributed by atoms with E-state index in [0.29, 0.717) is 35.5 Å². The van der Waals surface area contributed by atoms with E-state index in [1.807, 2.05) is 43.3 Å². The molecule has 0 saturated heterocycles. The van der Waals surface area contributed by atoms with Crippen molar-refractivity contribution in [2.24, 2.45) is 0 Å². The van der Waals surface area contributed by atoms with Gasteiger partial charge in [-0.1, -0.05) is 44.2 Å². The number of hydrogen-bond donors (Lipinski definition) is 2. The van der Waals surface area contributed by atoms with E-state index < -0.39 is 0 Å². The minimum absolute atomic E-state index is 0.290. The zero-order valence-electron chi connectivity index (χ0n) is 16.3. The molecule has 0 radical (unpaired) electrons. The molecule has 0 spiro atoms. The van der Waals surface area contributed by atoms with Crippen LogP contribution in [-0.2, 0) is 0 Å². The van der Waals surface area contributed by atoms with Crippen LogP contribution in [0.25, 0.3) is 0 Å². The van der Waals surface area contributed by atoms with Crippen LogP contribution in [0.4, 0.5) is 17.3 Å². The first-order chi connectivity index (χ1) is 13.6. The second kappa shape index (κ2) is 8.99. The highest BCUT2D eigenvalue weighted by Gasteiger charge is 2.12. The molecule has 0 aliphatic carbocycles. The van der Waals surface area contributed by atoms with Gasteiger partial charge >= 0.3 is 0 Å². The highest BCUT2D eigenvalue weighted by atomic mass is 16.5. The van der Waals surface area contributed by atoms with Crippen molar-refractivity contribution in [3.05, 3.63) is 72.1 Å². The smallest absolute Gasteiger partial charge is 0.258 e. The van der Waals surface area contributed by atoms with Crippen molar-refractivity contribution in [3.8, 4) is 5.75 Å². The third-order valence-electron chi connectivity index (χ3n) is 4.18. The molecule has 0 bridgehead atoms. The van der Waals surface area contributed by atoms with E-state index in [-0.39, 0.29) is 5.91 Å². The Bertz CT molecular complexity index is 939. The molecule has 6 heteroatoms. The van der Waals surface area contributed by atoms with Gasteiger partial charge in [-0.15, -0.1) is 0 Å². The zero-order chi connectivity index (χ0) is 19.9. The number of hydrogen-bond acceptors (Lipinski definition) is 5. The molecule has 28 heavy (non-hydrogen) atoms. The third kappa shape index (κ3) is 4.65. The minimum atomic E-state index is -0.290. The standard InChI is InChI=1S/C22H24N4O2/c1-4-28-20-12-8-7-11-19(20)25-21(27)16-13-23-22(24-14-16)26-18-10-6-5-9-17(18)15(2)3/h5-15H,4H2,1-3H3,(H,25,27)(H,23,24,26).